The van der Waals surface area contributed by atoms with Gasteiger partial charge in [-0.1, -0.05) is 18.2 Å². The summed E-state index contributed by atoms with van der Waals surface area (Å²) >= 11 is 1.74. The number of guanidine groups is 1. The van der Waals surface area contributed by atoms with Gasteiger partial charge in [0.1, 0.15) is 12.4 Å². The fourth-order valence-corrected chi connectivity index (χ4v) is 2.87. The number of rotatable bonds is 9. The van der Waals surface area contributed by atoms with Gasteiger partial charge < -0.3 is 15.4 Å². The van der Waals surface area contributed by atoms with Crippen molar-refractivity contribution in [3.63, 3.8) is 0 Å². The third-order valence-corrected chi connectivity index (χ3v) is 4.22. The average molecular weight is 367 g/mol. The first-order valence-electron chi connectivity index (χ1n) is 8.22. The number of ether oxygens (including phenoxy) is 1. The topological polar surface area (TPSA) is 45.7 Å². The van der Waals surface area contributed by atoms with Gasteiger partial charge in [-0.2, -0.15) is 0 Å². The Morgan fingerprint density at radius 3 is 2.84 bits per heavy atom. The van der Waals surface area contributed by atoms with E-state index in [0.29, 0.717) is 12.3 Å². The van der Waals surface area contributed by atoms with Gasteiger partial charge in [-0.05, 0) is 42.5 Å². The van der Waals surface area contributed by atoms with Gasteiger partial charge in [-0.25, -0.2) is 13.8 Å². The summed E-state index contributed by atoms with van der Waals surface area (Å²) in [5, 5.41) is 8.57. The molecule has 7 heteroatoms. The smallest absolute Gasteiger partial charge is 0.272 e. The van der Waals surface area contributed by atoms with Crippen molar-refractivity contribution >= 4 is 17.3 Å². The van der Waals surface area contributed by atoms with E-state index in [9.17, 15) is 8.78 Å². The molecule has 4 nitrogen and oxygen atoms in total. The Morgan fingerprint density at radius 1 is 1.24 bits per heavy atom. The van der Waals surface area contributed by atoms with Gasteiger partial charge in [0.15, 0.2) is 5.96 Å². The molecule has 0 unspecified atom stereocenters. The summed E-state index contributed by atoms with van der Waals surface area (Å²) in [7, 11) is 0. The molecule has 0 aliphatic heterocycles. The number of thiophene rings is 1. The van der Waals surface area contributed by atoms with Crippen LogP contribution in [-0.2, 0) is 13.0 Å². The summed E-state index contributed by atoms with van der Waals surface area (Å²) in [4.78, 5) is 5.86. The van der Waals surface area contributed by atoms with Gasteiger partial charge in [0.2, 0.25) is 0 Å². The van der Waals surface area contributed by atoms with Crippen LogP contribution in [-0.4, -0.2) is 32.1 Å². The highest BCUT2D eigenvalue weighted by atomic mass is 32.1. The fraction of sp³-hybridized carbons (Fsp3) is 0.389. The summed E-state index contributed by atoms with van der Waals surface area (Å²) < 4.78 is 29.5. The van der Waals surface area contributed by atoms with Crippen LogP contribution < -0.4 is 15.4 Å². The van der Waals surface area contributed by atoms with E-state index < -0.39 is 13.0 Å². The van der Waals surface area contributed by atoms with E-state index in [0.717, 1.165) is 31.0 Å². The van der Waals surface area contributed by atoms with E-state index >= 15 is 0 Å². The Morgan fingerprint density at radius 2 is 2.12 bits per heavy atom. The molecule has 136 valence electrons. The molecule has 0 radical (unpaired) electrons. The molecule has 0 aliphatic rings. The van der Waals surface area contributed by atoms with E-state index in [-0.39, 0.29) is 0 Å². The summed E-state index contributed by atoms with van der Waals surface area (Å²) in [6.45, 7) is 3.42. The average Bonchev–Trinajstić information content (AvgIpc) is 3.12. The number of halogens is 2. The molecular formula is C18H23F2N3OS. The van der Waals surface area contributed by atoms with Gasteiger partial charge in [0.25, 0.3) is 6.43 Å². The Balaban J connectivity index is 1.87. The van der Waals surface area contributed by atoms with Gasteiger partial charge in [0.05, 0.1) is 6.54 Å². The van der Waals surface area contributed by atoms with Crippen LogP contribution in [0.4, 0.5) is 8.78 Å². The van der Waals surface area contributed by atoms with E-state index in [2.05, 4.69) is 27.1 Å². The molecular weight excluding hydrogens is 344 g/mol. The Labute approximate surface area is 150 Å². The van der Waals surface area contributed by atoms with E-state index in [1.165, 1.54) is 4.88 Å². The second-order valence-electron chi connectivity index (χ2n) is 5.30. The van der Waals surface area contributed by atoms with Gasteiger partial charge in [0, 0.05) is 18.0 Å². The molecule has 0 atom stereocenters. The predicted molar refractivity (Wildman–Crippen MR) is 98.8 cm³/mol. The lowest BCUT2D eigenvalue weighted by molar-refractivity contribution is 0.0818. The maximum Gasteiger partial charge on any atom is 0.272 e. The maximum absolute atomic E-state index is 12.2. The standard InChI is InChI=1S/C18H23F2N3OS/c1-2-21-18(22-9-8-16-7-4-10-25-16)23-12-14-5-3-6-15(11-14)24-13-17(19)20/h3-7,10-11,17H,2,8-9,12-13H2,1H3,(H2,21,22,23). The number of nitrogens with zero attached hydrogens (tertiary/aromatic N) is 1. The van der Waals surface area contributed by atoms with Crippen molar-refractivity contribution in [1.82, 2.24) is 10.6 Å². The van der Waals surface area contributed by atoms with Crippen LogP contribution >= 0.6 is 11.3 Å². The highest BCUT2D eigenvalue weighted by molar-refractivity contribution is 7.09. The van der Waals surface area contributed by atoms with E-state index in [1.54, 1.807) is 29.5 Å². The number of alkyl halides is 2. The quantitative estimate of drug-likeness (QED) is 0.525. The second-order valence-corrected chi connectivity index (χ2v) is 6.33. The Kier molecular flexibility index (Phi) is 8.18. The Bertz CT molecular complexity index is 648. The summed E-state index contributed by atoms with van der Waals surface area (Å²) in [5.74, 6) is 1.17. The van der Waals surface area contributed by atoms with Crippen molar-refractivity contribution in [2.24, 2.45) is 4.99 Å². The first-order valence-corrected chi connectivity index (χ1v) is 9.09. The molecule has 2 aromatic rings. The number of nitrogens with one attached hydrogen (secondary N) is 2. The SMILES string of the molecule is CCNC(=NCc1cccc(OCC(F)F)c1)NCCc1cccs1. The molecule has 0 aliphatic carbocycles. The molecule has 1 aromatic heterocycles. The molecule has 2 N–H and O–H groups in total. The molecule has 0 amide bonds. The number of hydrogen-bond donors (Lipinski definition) is 2. The van der Waals surface area contributed by atoms with Crippen LogP contribution in [0.2, 0.25) is 0 Å². The van der Waals surface area contributed by atoms with Crippen molar-refractivity contribution in [2.45, 2.75) is 26.3 Å². The minimum absolute atomic E-state index is 0.434. The summed E-state index contributed by atoms with van der Waals surface area (Å²) in [5.41, 5.74) is 0.905. The largest absolute Gasteiger partial charge is 0.488 e. The molecule has 0 fully saturated rings. The van der Waals surface area contributed by atoms with Crippen LogP contribution in [0.1, 0.15) is 17.4 Å². The van der Waals surface area contributed by atoms with Crippen LogP contribution in [0.3, 0.4) is 0 Å². The monoisotopic (exact) mass is 367 g/mol. The fourth-order valence-electron chi connectivity index (χ4n) is 2.16. The zero-order valence-corrected chi connectivity index (χ0v) is 15.0. The molecule has 2 rings (SSSR count). The normalized spacial score (nSPS) is 11.6. The molecule has 0 saturated carbocycles. The summed E-state index contributed by atoms with van der Waals surface area (Å²) in [6.07, 6.45) is -1.53. The zero-order chi connectivity index (χ0) is 17.9. The van der Waals surface area contributed by atoms with Gasteiger partial charge >= 0.3 is 0 Å². The third-order valence-electron chi connectivity index (χ3n) is 3.28. The Hall–Kier alpha value is -2.15. The second kappa shape index (κ2) is 10.7. The van der Waals surface area contributed by atoms with Crippen molar-refractivity contribution in [2.75, 3.05) is 19.7 Å². The van der Waals surface area contributed by atoms with Gasteiger partial charge in [-0.15, -0.1) is 11.3 Å². The zero-order valence-electron chi connectivity index (χ0n) is 14.2. The van der Waals surface area contributed by atoms with Crippen molar-refractivity contribution in [3.8, 4) is 5.75 Å². The van der Waals surface area contributed by atoms with Gasteiger partial charge in [-0.3, -0.25) is 0 Å². The predicted octanol–water partition coefficient (Wildman–Crippen LogP) is 3.69. The van der Waals surface area contributed by atoms with E-state index in [1.807, 2.05) is 19.1 Å². The molecule has 0 bridgehead atoms. The van der Waals surface area contributed by atoms with Crippen molar-refractivity contribution in [1.29, 1.82) is 0 Å². The third kappa shape index (κ3) is 7.51. The first-order chi connectivity index (χ1) is 12.2. The molecule has 25 heavy (non-hydrogen) atoms. The minimum atomic E-state index is -2.48. The first kappa shape index (κ1) is 19.2. The van der Waals surface area contributed by atoms with Crippen molar-refractivity contribution < 1.29 is 13.5 Å². The van der Waals surface area contributed by atoms with Crippen LogP contribution in [0.5, 0.6) is 5.75 Å². The molecule has 0 spiro atoms. The number of hydrogen-bond acceptors (Lipinski definition) is 3. The minimum Gasteiger partial charge on any atom is -0.488 e. The molecule has 1 heterocycles. The lowest BCUT2D eigenvalue weighted by Crippen LogP contribution is -2.38. The number of aliphatic imine (C=N–C) groups is 1. The van der Waals surface area contributed by atoms with Crippen LogP contribution in [0, 0.1) is 0 Å². The van der Waals surface area contributed by atoms with Crippen molar-refractivity contribution in [3.05, 3.63) is 52.2 Å². The lowest BCUT2D eigenvalue weighted by atomic mass is 10.2. The summed E-state index contributed by atoms with van der Waals surface area (Å²) in [6, 6.07) is 11.2. The van der Waals surface area contributed by atoms with E-state index in [4.69, 9.17) is 4.74 Å². The highest BCUT2D eigenvalue weighted by Gasteiger charge is 2.04. The molecule has 0 saturated heterocycles. The maximum atomic E-state index is 12.2. The number of benzene rings is 1. The highest BCUT2D eigenvalue weighted by Crippen LogP contribution is 2.15. The van der Waals surface area contributed by atoms with Crippen LogP contribution in [0.15, 0.2) is 46.8 Å². The molecule has 1 aromatic carbocycles. The van der Waals surface area contributed by atoms with Crippen LogP contribution in [0.25, 0.3) is 0 Å². The lowest BCUT2D eigenvalue weighted by Gasteiger charge is -2.11.